The first kappa shape index (κ1) is 19.1. The van der Waals surface area contributed by atoms with Crippen LogP contribution in [0.5, 0.6) is 0 Å². The Labute approximate surface area is 171 Å². The van der Waals surface area contributed by atoms with Crippen molar-refractivity contribution >= 4 is 34.1 Å². The van der Waals surface area contributed by atoms with Gasteiger partial charge in [0.25, 0.3) is 11.5 Å². The van der Waals surface area contributed by atoms with Crippen LogP contribution in [0.1, 0.15) is 23.2 Å². The molecule has 0 fully saturated rings. The zero-order valence-electron chi connectivity index (χ0n) is 16.1. The number of nitrogens with one attached hydrogen (secondary N) is 2. The van der Waals surface area contributed by atoms with Crippen LogP contribution in [0.25, 0.3) is 10.9 Å². The second-order valence-electron chi connectivity index (χ2n) is 6.67. The number of furan rings is 1. The molecule has 0 aliphatic heterocycles. The lowest BCUT2D eigenvalue weighted by molar-refractivity contribution is -0.114. The highest BCUT2D eigenvalue weighted by atomic mass is 16.4. The Morgan fingerprint density at radius 2 is 1.67 bits per heavy atom. The van der Waals surface area contributed by atoms with Crippen LogP contribution in [0, 0.1) is 0 Å². The number of nitrogens with zero attached hydrogens (tertiary/aromatic N) is 2. The Morgan fingerprint density at radius 1 is 0.967 bits per heavy atom. The fourth-order valence-corrected chi connectivity index (χ4v) is 3.00. The number of carbonyl (C=O) groups is 2. The molecule has 0 aliphatic carbocycles. The summed E-state index contributed by atoms with van der Waals surface area (Å²) in [6, 6.07) is 17.0. The largest absolute Gasteiger partial charge is 0.454 e. The van der Waals surface area contributed by atoms with Crippen molar-refractivity contribution < 1.29 is 14.0 Å². The maximum absolute atomic E-state index is 12.6. The predicted molar refractivity (Wildman–Crippen MR) is 113 cm³/mol. The Balaban J connectivity index is 1.46. The summed E-state index contributed by atoms with van der Waals surface area (Å²) in [6.45, 7) is 1.58. The Morgan fingerprint density at radius 3 is 2.40 bits per heavy atom. The van der Waals surface area contributed by atoms with Gasteiger partial charge in [0.2, 0.25) is 5.91 Å². The summed E-state index contributed by atoms with van der Waals surface area (Å²) in [6.07, 6.45) is 1.46. The second-order valence-corrected chi connectivity index (χ2v) is 6.67. The summed E-state index contributed by atoms with van der Waals surface area (Å²) in [5.41, 5.74) is 1.64. The van der Waals surface area contributed by atoms with Crippen LogP contribution < -0.4 is 16.2 Å². The van der Waals surface area contributed by atoms with Gasteiger partial charge in [0.15, 0.2) is 5.76 Å². The minimum atomic E-state index is -0.419. The molecular formula is C22H18N4O4. The first-order valence-electron chi connectivity index (χ1n) is 9.21. The van der Waals surface area contributed by atoms with E-state index in [9.17, 15) is 14.4 Å². The van der Waals surface area contributed by atoms with Gasteiger partial charge in [0, 0.05) is 18.3 Å². The molecule has 2 heterocycles. The average Bonchev–Trinajstić information content (AvgIpc) is 3.20. The molecular weight excluding hydrogens is 384 g/mol. The zero-order chi connectivity index (χ0) is 21.1. The van der Waals surface area contributed by atoms with Crippen molar-refractivity contribution in [3.63, 3.8) is 0 Å². The van der Waals surface area contributed by atoms with Gasteiger partial charge in [-0.05, 0) is 48.5 Å². The van der Waals surface area contributed by atoms with Crippen LogP contribution in [-0.2, 0) is 11.3 Å². The molecule has 8 heteroatoms. The van der Waals surface area contributed by atoms with E-state index in [1.807, 2.05) is 6.07 Å². The van der Waals surface area contributed by atoms with E-state index >= 15 is 0 Å². The molecule has 2 aromatic carbocycles. The SMILES string of the molecule is CC(=O)Nc1ccc(NC(=O)c2ccc(Cn3cnc4ccccc4c3=O)o2)cc1. The molecule has 0 aliphatic rings. The van der Waals surface area contributed by atoms with E-state index in [1.165, 1.54) is 17.8 Å². The molecule has 4 rings (SSSR count). The standard InChI is InChI=1S/C22H18N4O4/c1-14(27)24-15-6-8-16(9-7-15)25-21(28)20-11-10-17(30-20)12-26-13-23-19-5-3-2-4-18(19)22(26)29/h2-11,13H,12H2,1H3,(H,24,27)(H,25,28). The number of hydrogen-bond donors (Lipinski definition) is 2. The average molecular weight is 402 g/mol. The van der Waals surface area contributed by atoms with E-state index in [-0.39, 0.29) is 23.8 Å². The van der Waals surface area contributed by atoms with Crippen molar-refractivity contribution in [1.29, 1.82) is 0 Å². The van der Waals surface area contributed by atoms with Crippen LogP contribution in [0.4, 0.5) is 11.4 Å². The lowest BCUT2D eigenvalue weighted by atomic mass is 10.2. The molecule has 4 aromatic rings. The van der Waals surface area contributed by atoms with Crippen molar-refractivity contribution in [2.75, 3.05) is 10.6 Å². The lowest BCUT2D eigenvalue weighted by Gasteiger charge is -2.06. The molecule has 2 aromatic heterocycles. The smallest absolute Gasteiger partial charge is 0.291 e. The zero-order valence-corrected chi connectivity index (χ0v) is 16.1. The van der Waals surface area contributed by atoms with Gasteiger partial charge in [-0.1, -0.05) is 12.1 Å². The van der Waals surface area contributed by atoms with E-state index in [0.717, 1.165) is 0 Å². The Bertz CT molecular complexity index is 1290. The van der Waals surface area contributed by atoms with Gasteiger partial charge in [-0.3, -0.25) is 19.0 Å². The summed E-state index contributed by atoms with van der Waals surface area (Å²) in [4.78, 5) is 40.4. The molecule has 8 nitrogen and oxygen atoms in total. The molecule has 0 atom stereocenters. The Hall–Kier alpha value is -4.20. The molecule has 30 heavy (non-hydrogen) atoms. The number of para-hydroxylation sites is 1. The third-order valence-corrected chi connectivity index (χ3v) is 4.41. The molecule has 0 spiro atoms. The maximum Gasteiger partial charge on any atom is 0.291 e. The molecule has 2 N–H and O–H groups in total. The van der Waals surface area contributed by atoms with Gasteiger partial charge in [-0.2, -0.15) is 0 Å². The van der Waals surface area contributed by atoms with Crippen LogP contribution in [0.2, 0.25) is 0 Å². The summed E-state index contributed by atoms with van der Waals surface area (Å²) in [7, 11) is 0. The molecule has 0 bridgehead atoms. The highest BCUT2D eigenvalue weighted by Crippen LogP contribution is 2.16. The van der Waals surface area contributed by atoms with Crippen molar-refractivity contribution in [2.45, 2.75) is 13.5 Å². The molecule has 0 saturated heterocycles. The first-order chi connectivity index (χ1) is 14.5. The molecule has 0 unspecified atom stereocenters. The number of aromatic nitrogens is 2. The fraction of sp³-hybridized carbons (Fsp3) is 0.0909. The van der Waals surface area contributed by atoms with Gasteiger partial charge in [-0.15, -0.1) is 0 Å². The van der Waals surface area contributed by atoms with E-state index in [4.69, 9.17) is 4.42 Å². The number of rotatable bonds is 5. The fourth-order valence-electron chi connectivity index (χ4n) is 3.00. The normalized spacial score (nSPS) is 10.7. The van der Waals surface area contributed by atoms with Crippen molar-refractivity contribution in [1.82, 2.24) is 9.55 Å². The predicted octanol–water partition coefficient (Wildman–Crippen LogP) is 3.25. The number of benzene rings is 2. The maximum atomic E-state index is 12.6. The first-order valence-corrected chi connectivity index (χ1v) is 9.21. The quantitative estimate of drug-likeness (QED) is 0.533. The minimum absolute atomic E-state index is 0.123. The number of carbonyl (C=O) groups excluding carboxylic acids is 2. The van der Waals surface area contributed by atoms with Crippen LogP contribution in [-0.4, -0.2) is 21.4 Å². The summed E-state index contributed by atoms with van der Waals surface area (Å²) in [5.74, 6) is -0.00815. The third kappa shape index (κ3) is 4.12. The van der Waals surface area contributed by atoms with E-state index in [0.29, 0.717) is 28.0 Å². The minimum Gasteiger partial charge on any atom is -0.454 e. The molecule has 0 saturated carbocycles. The van der Waals surface area contributed by atoms with Crippen LogP contribution >= 0.6 is 0 Å². The highest BCUT2D eigenvalue weighted by Gasteiger charge is 2.13. The van der Waals surface area contributed by atoms with Crippen molar-refractivity contribution in [2.24, 2.45) is 0 Å². The van der Waals surface area contributed by atoms with Gasteiger partial charge in [0.1, 0.15) is 5.76 Å². The van der Waals surface area contributed by atoms with Gasteiger partial charge < -0.3 is 15.1 Å². The number of amides is 2. The van der Waals surface area contributed by atoms with Crippen LogP contribution in [0.3, 0.4) is 0 Å². The summed E-state index contributed by atoms with van der Waals surface area (Å²) >= 11 is 0. The highest BCUT2D eigenvalue weighted by molar-refractivity contribution is 6.02. The Kier molecular flexibility index (Phi) is 5.13. The van der Waals surface area contributed by atoms with E-state index < -0.39 is 5.91 Å². The van der Waals surface area contributed by atoms with E-state index in [1.54, 1.807) is 54.6 Å². The topological polar surface area (TPSA) is 106 Å². The molecule has 150 valence electrons. The number of hydrogen-bond acceptors (Lipinski definition) is 5. The molecule has 0 radical (unpaired) electrons. The molecule has 2 amide bonds. The van der Waals surface area contributed by atoms with E-state index in [2.05, 4.69) is 15.6 Å². The number of anilines is 2. The summed E-state index contributed by atoms with van der Waals surface area (Å²) < 4.78 is 7.04. The third-order valence-electron chi connectivity index (χ3n) is 4.41. The van der Waals surface area contributed by atoms with Crippen LogP contribution in [0.15, 0.2) is 76.2 Å². The van der Waals surface area contributed by atoms with Crippen molar-refractivity contribution in [3.8, 4) is 0 Å². The number of fused-ring (bicyclic) bond motifs is 1. The van der Waals surface area contributed by atoms with Gasteiger partial charge in [0.05, 0.1) is 23.8 Å². The second kappa shape index (κ2) is 8.04. The monoisotopic (exact) mass is 402 g/mol. The summed E-state index contributed by atoms with van der Waals surface area (Å²) in [5, 5.41) is 5.90. The van der Waals surface area contributed by atoms with Gasteiger partial charge >= 0.3 is 0 Å². The lowest BCUT2D eigenvalue weighted by Crippen LogP contribution is -2.20. The van der Waals surface area contributed by atoms with Crippen molar-refractivity contribution in [3.05, 3.63) is 88.9 Å². The van der Waals surface area contributed by atoms with Gasteiger partial charge in [-0.25, -0.2) is 4.98 Å².